The van der Waals surface area contributed by atoms with E-state index in [-0.39, 0.29) is 6.04 Å². The van der Waals surface area contributed by atoms with E-state index in [1.807, 2.05) is 49.5 Å². The molecule has 2 amide bonds. The lowest BCUT2D eigenvalue weighted by atomic mass is 9.94. The van der Waals surface area contributed by atoms with E-state index in [2.05, 4.69) is 20.8 Å². The van der Waals surface area contributed by atoms with Crippen LogP contribution in [-0.2, 0) is 22.4 Å². The molecular formula is C22H22N4O3. The van der Waals surface area contributed by atoms with Gasteiger partial charge in [-0.1, -0.05) is 24.3 Å². The number of nitrogens with zero attached hydrogens (tertiary/aromatic N) is 1. The highest BCUT2D eigenvalue weighted by atomic mass is 16.5. The number of nitrogens with one attached hydrogen (secondary N) is 3. The summed E-state index contributed by atoms with van der Waals surface area (Å²) in [6.07, 6.45) is 4.05. The Hall–Kier alpha value is -3.61. The first kappa shape index (κ1) is 18.7. The number of fused-ring (bicyclic) bond motifs is 1. The van der Waals surface area contributed by atoms with Crippen molar-refractivity contribution in [3.05, 3.63) is 71.5 Å². The number of aryl methyl sites for hydroxylation is 2. The summed E-state index contributed by atoms with van der Waals surface area (Å²) >= 11 is 0. The van der Waals surface area contributed by atoms with Gasteiger partial charge in [-0.25, -0.2) is 0 Å². The van der Waals surface area contributed by atoms with Crippen molar-refractivity contribution < 1.29 is 14.3 Å². The Labute approximate surface area is 168 Å². The summed E-state index contributed by atoms with van der Waals surface area (Å²) in [6.45, 7) is 1.91. The van der Waals surface area contributed by atoms with Crippen LogP contribution in [0.1, 0.15) is 23.2 Å². The van der Waals surface area contributed by atoms with Gasteiger partial charge in [0.25, 0.3) is 0 Å². The molecule has 1 aliphatic rings. The largest absolute Gasteiger partial charge is 0.455 e. The Balaban J connectivity index is 1.42. The first-order valence-corrected chi connectivity index (χ1v) is 9.55. The molecule has 1 atom stereocenters. The molecule has 1 unspecified atom stereocenters. The highest BCUT2D eigenvalue weighted by molar-refractivity contribution is 6.39. The van der Waals surface area contributed by atoms with E-state index in [4.69, 9.17) is 4.74 Å². The van der Waals surface area contributed by atoms with E-state index in [0.717, 1.165) is 24.1 Å². The van der Waals surface area contributed by atoms with Gasteiger partial charge in [0.1, 0.15) is 5.75 Å². The SMILES string of the molecule is Cc1ccc(Oc2ccccc2)c(NC(=O)C(=O)NC2CCc3cn[nH]c3C2)c1. The Morgan fingerprint density at radius 2 is 1.97 bits per heavy atom. The number of aromatic amines is 1. The highest BCUT2D eigenvalue weighted by Crippen LogP contribution is 2.30. The van der Waals surface area contributed by atoms with Crippen LogP contribution in [0, 0.1) is 6.92 Å². The Bertz CT molecular complexity index is 1030. The fourth-order valence-corrected chi connectivity index (χ4v) is 3.41. The molecule has 0 radical (unpaired) electrons. The van der Waals surface area contributed by atoms with Crippen molar-refractivity contribution in [2.24, 2.45) is 0 Å². The summed E-state index contributed by atoms with van der Waals surface area (Å²) in [5.74, 6) is -0.259. The summed E-state index contributed by atoms with van der Waals surface area (Å²) in [6, 6.07) is 14.6. The van der Waals surface area contributed by atoms with E-state index in [9.17, 15) is 9.59 Å². The van der Waals surface area contributed by atoms with Gasteiger partial charge < -0.3 is 15.4 Å². The van der Waals surface area contributed by atoms with Gasteiger partial charge >= 0.3 is 11.8 Å². The number of H-pyrrole nitrogens is 1. The molecule has 7 heteroatoms. The zero-order chi connectivity index (χ0) is 20.2. The average Bonchev–Trinajstić information content (AvgIpc) is 3.18. The van der Waals surface area contributed by atoms with Crippen LogP contribution >= 0.6 is 0 Å². The number of hydrogen-bond donors (Lipinski definition) is 3. The van der Waals surface area contributed by atoms with Crippen LogP contribution in [0.25, 0.3) is 0 Å². The highest BCUT2D eigenvalue weighted by Gasteiger charge is 2.24. The summed E-state index contributed by atoms with van der Waals surface area (Å²) < 4.78 is 5.87. The van der Waals surface area contributed by atoms with Gasteiger partial charge in [0, 0.05) is 18.2 Å². The van der Waals surface area contributed by atoms with Gasteiger partial charge in [-0.2, -0.15) is 5.10 Å². The van der Waals surface area contributed by atoms with Crippen molar-refractivity contribution in [2.75, 3.05) is 5.32 Å². The third-order valence-corrected chi connectivity index (χ3v) is 4.92. The molecule has 4 rings (SSSR count). The second-order valence-corrected chi connectivity index (χ2v) is 7.16. The lowest BCUT2D eigenvalue weighted by Crippen LogP contribution is -2.44. The quantitative estimate of drug-likeness (QED) is 0.597. The molecule has 3 N–H and O–H groups in total. The molecule has 1 heterocycles. The van der Waals surface area contributed by atoms with Crippen molar-refractivity contribution in [2.45, 2.75) is 32.2 Å². The molecule has 2 aromatic carbocycles. The number of benzene rings is 2. The van der Waals surface area contributed by atoms with Crippen molar-refractivity contribution in [1.82, 2.24) is 15.5 Å². The predicted molar refractivity (Wildman–Crippen MR) is 109 cm³/mol. The van der Waals surface area contributed by atoms with E-state index in [1.165, 1.54) is 5.56 Å². The molecule has 0 aliphatic heterocycles. The second kappa shape index (κ2) is 8.18. The number of ether oxygens (including phenoxy) is 1. The van der Waals surface area contributed by atoms with E-state index >= 15 is 0 Å². The van der Waals surface area contributed by atoms with Crippen LogP contribution in [0.4, 0.5) is 5.69 Å². The normalized spacial score (nSPS) is 15.3. The summed E-state index contributed by atoms with van der Waals surface area (Å²) in [4.78, 5) is 24.9. The predicted octanol–water partition coefficient (Wildman–Crippen LogP) is 3.12. The van der Waals surface area contributed by atoms with Crippen molar-refractivity contribution >= 4 is 17.5 Å². The van der Waals surface area contributed by atoms with E-state index in [1.54, 1.807) is 12.1 Å². The van der Waals surface area contributed by atoms with Crippen molar-refractivity contribution in [1.29, 1.82) is 0 Å². The van der Waals surface area contributed by atoms with Gasteiger partial charge in [-0.05, 0) is 55.2 Å². The van der Waals surface area contributed by atoms with Gasteiger partial charge in [0.2, 0.25) is 0 Å². The maximum Gasteiger partial charge on any atom is 0.313 e. The molecule has 0 spiro atoms. The zero-order valence-corrected chi connectivity index (χ0v) is 16.1. The number of amides is 2. The topological polar surface area (TPSA) is 96.1 Å². The van der Waals surface area contributed by atoms with Crippen LogP contribution in [-0.4, -0.2) is 28.1 Å². The number of rotatable bonds is 4. The molecule has 1 aliphatic carbocycles. The lowest BCUT2D eigenvalue weighted by Gasteiger charge is -2.22. The number of para-hydroxylation sites is 1. The fourth-order valence-electron chi connectivity index (χ4n) is 3.41. The number of hydrogen-bond acceptors (Lipinski definition) is 4. The monoisotopic (exact) mass is 390 g/mol. The second-order valence-electron chi connectivity index (χ2n) is 7.16. The Kier molecular flexibility index (Phi) is 5.29. The third kappa shape index (κ3) is 4.45. The smallest absolute Gasteiger partial charge is 0.313 e. The Morgan fingerprint density at radius 3 is 2.79 bits per heavy atom. The van der Waals surface area contributed by atoms with Crippen LogP contribution < -0.4 is 15.4 Å². The number of carbonyl (C=O) groups is 2. The average molecular weight is 390 g/mol. The number of anilines is 1. The summed E-state index contributed by atoms with van der Waals surface area (Å²) in [7, 11) is 0. The minimum absolute atomic E-state index is 0.0984. The molecule has 0 bridgehead atoms. The van der Waals surface area contributed by atoms with Gasteiger partial charge in [-0.15, -0.1) is 0 Å². The maximum absolute atomic E-state index is 12.5. The number of carbonyl (C=O) groups excluding carboxylic acids is 2. The molecule has 148 valence electrons. The molecular weight excluding hydrogens is 368 g/mol. The molecule has 0 saturated heterocycles. The molecule has 0 fully saturated rings. The minimum atomic E-state index is -0.719. The van der Waals surface area contributed by atoms with Crippen molar-refractivity contribution in [3.63, 3.8) is 0 Å². The molecule has 29 heavy (non-hydrogen) atoms. The van der Waals surface area contributed by atoms with Gasteiger partial charge in [0.05, 0.1) is 11.9 Å². The van der Waals surface area contributed by atoms with Crippen LogP contribution in [0.5, 0.6) is 11.5 Å². The van der Waals surface area contributed by atoms with Crippen LogP contribution in [0.15, 0.2) is 54.7 Å². The first-order chi connectivity index (χ1) is 14.1. The molecule has 7 nitrogen and oxygen atoms in total. The molecule has 3 aromatic rings. The molecule has 1 aromatic heterocycles. The minimum Gasteiger partial charge on any atom is -0.455 e. The Morgan fingerprint density at radius 1 is 1.14 bits per heavy atom. The fraction of sp³-hybridized carbons (Fsp3) is 0.227. The standard InChI is InChI=1S/C22H22N4O3/c1-14-7-10-20(29-17-5-3-2-4-6-17)19(11-14)25-22(28)21(27)24-16-9-8-15-13-23-26-18(15)12-16/h2-7,10-11,13,16H,8-9,12H2,1H3,(H,23,26)(H,24,27)(H,25,28). The number of aromatic nitrogens is 2. The van der Waals surface area contributed by atoms with Gasteiger partial charge in [-0.3, -0.25) is 14.7 Å². The van der Waals surface area contributed by atoms with Gasteiger partial charge in [0.15, 0.2) is 5.75 Å². The van der Waals surface area contributed by atoms with E-state index in [0.29, 0.717) is 23.6 Å². The lowest BCUT2D eigenvalue weighted by molar-refractivity contribution is -0.136. The summed E-state index contributed by atoms with van der Waals surface area (Å²) in [5.41, 5.74) is 3.58. The summed E-state index contributed by atoms with van der Waals surface area (Å²) in [5, 5.41) is 12.5. The zero-order valence-electron chi connectivity index (χ0n) is 16.1. The van der Waals surface area contributed by atoms with E-state index < -0.39 is 11.8 Å². The maximum atomic E-state index is 12.5. The van der Waals surface area contributed by atoms with Crippen LogP contribution in [0.2, 0.25) is 0 Å². The van der Waals surface area contributed by atoms with Crippen LogP contribution in [0.3, 0.4) is 0 Å². The third-order valence-electron chi connectivity index (χ3n) is 4.92. The first-order valence-electron chi connectivity index (χ1n) is 9.55. The molecule has 0 saturated carbocycles. The van der Waals surface area contributed by atoms with Crippen molar-refractivity contribution in [3.8, 4) is 11.5 Å².